The first kappa shape index (κ1) is 17.3. The number of anilines is 1. The summed E-state index contributed by atoms with van der Waals surface area (Å²) in [6.45, 7) is 3.85. The van der Waals surface area contributed by atoms with Crippen LogP contribution >= 0.6 is 11.6 Å². The summed E-state index contributed by atoms with van der Waals surface area (Å²) >= 11 is 5.98. The summed E-state index contributed by atoms with van der Waals surface area (Å²) < 4.78 is 5.24. The van der Waals surface area contributed by atoms with Gasteiger partial charge in [0, 0.05) is 11.1 Å². The number of hydrogen-bond acceptors (Lipinski definition) is 3. The molecular formula is C18H21ClN2O2. The minimum Gasteiger partial charge on any atom is -0.495 e. The molecule has 2 atom stereocenters. The summed E-state index contributed by atoms with van der Waals surface area (Å²) in [5.41, 5.74) is 1.69. The van der Waals surface area contributed by atoms with E-state index in [1.165, 1.54) is 0 Å². The van der Waals surface area contributed by atoms with Gasteiger partial charge in [-0.3, -0.25) is 10.1 Å². The lowest BCUT2D eigenvalue weighted by Crippen LogP contribution is -2.39. The van der Waals surface area contributed by atoms with Gasteiger partial charge in [-0.2, -0.15) is 0 Å². The lowest BCUT2D eigenvalue weighted by Gasteiger charge is -2.20. The number of hydrogen-bond donors (Lipinski definition) is 2. The predicted octanol–water partition coefficient (Wildman–Crippen LogP) is 4.03. The van der Waals surface area contributed by atoms with Gasteiger partial charge in [-0.05, 0) is 37.6 Å². The van der Waals surface area contributed by atoms with E-state index >= 15 is 0 Å². The van der Waals surface area contributed by atoms with Gasteiger partial charge >= 0.3 is 0 Å². The number of ether oxygens (including phenoxy) is 1. The molecule has 0 radical (unpaired) electrons. The Labute approximate surface area is 141 Å². The average Bonchev–Trinajstić information content (AvgIpc) is 2.55. The Hall–Kier alpha value is -2.04. The summed E-state index contributed by atoms with van der Waals surface area (Å²) in [6, 6.07) is 14.8. The van der Waals surface area contributed by atoms with Crippen LogP contribution in [0.5, 0.6) is 5.75 Å². The van der Waals surface area contributed by atoms with Crippen molar-refractivity contribution in [2.24, 2.45) is 0 Å². The first-order valence-corrected chi connectivity index (χ1v) is 7.84. The molecule has 23 heavy (non-hydrogen) atoms. The van der Waals surface area contributed by atoms with E-state index in [9.17, 15) is 4.79 Å². The van der Waals surface area contributed by atoms with Gasteiger partial charge < -0.3 is 10.1 Å². The normalized spacial score (nSPS) is 13.2. The van der Waals surface area contributed by atoms with Gasteiger partial charge in [0.1, 0.15) is 5.75 Å². The molecule has 0 fully saturated rings. The number of rotatable bonds is 6. The zero-order valence-electron chi connectivity index (χ0n) is 13.5. The smallest absolute Gasteiger partial charge is 0.241 e. The summed E-state index contributed by atoms with van der Waals surface area (Å²) in [5.74, 6) is 0.430. The molecule has 0 aliphatic carbocycles. The third kappa shape index (κ3) is 4.71. The van der Waals surface area contributed by atoms with Crippen molar-refractivity contribution >= 4 is 23.2 Å². The SMILES string of the molecule is COc1ccc(Cl)cc1NC(=O)[C@@H](C)N[C@H](C)c1ccccc1. The van der Waals surface area contributed by atoms with Crippen LogP contribution in [0.25, 0.3) is 0 Å². The molecule has 0 aliphatic rings. The Morgan fingerprint density at radius 1 is 1.13 bits per heavy atom. The van der Waals surface area contributed by atoms with Gasteiger partial charge in [0.25, 0.3) is 0 Å². The topological polar surface area (TPSA) is 50.4 Å². The zero-order valence-corrected chi connectivity index (χ0v) is 14.2. The van der Waals surface area contributed by atoms with Crippen molar-refractivity contribution in [2.45, 2.75) is 25.9 Å². The van der Waals surface area contributed by atoms with Gasteiger partial charge in [0.05, 0.1) is 18.8 Å². The van der Waals surface area contributed by atoms with Crippen molar-refractivity contribution < 1.29 is 9.53 Å². The highest BCUT2D eigenvalue weighted by Gasteiger charge is 2.17. The zero-order chi connectivity index (χ0) is 16.8. The average molecular weight is 333 g/mol. The fourth-order valence-electron chi connectivity index (χ4n) is 2.31. The van der Waals surface area contributed by atoms with E-state index in [0.29, 0.717) is 16.5 Å². The molecule has 0 aliphatic heterocycles. The molecule has 5 heteroatoms. The van der Waals surface area contributed by atoms with Crippen molar-refractivity contribution in [3.8, 4) is 5.75 Å². The molecule has 0 unspecified atom stereocenters. The molecular weight excluding hydrogens is 312 g/mol. The first-order valence-electron chi connectivity index (χ1n) is 7.46. The van der Waals surface area contributed by atoms with Crippen LogP contribution < -0.4 is 15.4 Å². The maximum Gasteiger partial charge on any atom is 0.241 e. The number of nitrogens with one attached hydrogen (secondary N) is 2. The van der Waals surface area contributed by atoms with Crippen LogP contribution in [-0.2, 0) is 4.79 Å². The summed E-state index contributed by atoms with van der Waals surface area (Å²) in [7, 11) is 1.55. The number of halogens is 1. The molecule has 0 aromatic heterocycles. The van der Waals surface area contributed by atoms with E-state index in [0.717, 1.165) is 5.56 Å². The molecule has 2 aromatic carbocycles. The first-order chi connectivity index (χ1) is 11.0. The van der Waals surface area contributed by atoms with E-state index in [-0.39, 0.29) is 18.0 Å². The van der Waals surface area contributed by atoms with Crippen molar-refractivity contribution in [1.82, 2.24) is 5.32 Å². The lowest BCUT2D eigenvalue weighted by molar-refractivity contribution is -0.117. The van der Waals surface area contributed by atoms with Crippen LogP contribution in [0.15, 0.2) is 48.5 Å². The molecule has 0 saturated heterocycles. The molecule has 0 spiro atoms. The van der Waals surface area contributed by atoms with Crippen LogP contribution in [0.1, 0.15) is 25.5 Å². The third-order valence-electron chi connectivity index (χ3n) is 3.61. The van der Waals surface area contributed by atoms with Gasteiger partial charge in [0.2, 0.25) is 5.91 Å². The van der Waals surface area contributed by atoms with E-state index in [1.807, 2.05) is 44.2 Å². The van der Waals surface area contributed by atoms with E-state index in [2.05, 4.69) is 10.6 Å². The van der Waals surface area contributed by atoms with Crippen LogP contribution in [0.4, 0.5) is 5.69 Å². The van der Waals surface area contributed by atoms with Crippen molar-refractivity contribution in [2.75, 3.05) is 12.4 Å². The van der Waals surface area contributed by atoms with Crippen LogP contribution in [-0.4, -0.2) is 19.1 Å². The van der Waals surface area contributed by atoms with E-state index in [4.69, 9.17) is 16.3 Å². The van der Waals surface area contributed by atoms with Crippen molar-refractivity contribution in [1.29, 1.82) is 0 Å². The molecule has 2 N–H and O–H groups in total. The minimum atomic E-state index is -0.367. The maximum atomic E-state index is 12.4. The third-order valence-corrected chi connectivity index (χ3v) is 3.85. The monoisotopic (exact) mass is 332 g/mol. The van der Waals surface area contributed by atoms with Gasteiger partial charge in [-0.1, -0.05) is 41.9 Å². The van der Waals surface area contributed by atoms with E-state index in [1.54, 1.807) is 25.3 Å². The molecule has 2 aromatic rings. The number of methoxy groups -OCH3 is 1. The fraction of sp³-hybridized carbons (Fsp3) is 0.278. The Morgan fingerprint density at radius 2 is 1.83 bits per heavy atom. The van der Waals surface area contributed by atoms with Crippen LogP contribution in [0, 0.1) is 0 Å². The molecule has 0 bridgehead atoms. The summed E-state index contributed by atoms with van der Waals surface area (Å²) in [5, 5.41) is 6.67. The maximum absolute atomic E-state index is 12.4. The highest BCUT2D eigenvalue weighted by atomic mass is 35.5. The standard InChI is InChI=1S/C18H21ClN2O2/c1-12(14-7-5-4-6-8-14)20-13(2)18(22)21-16-11-15(19)9-10-17(16)23-3/h4-13,20H,1-3H3,(H,21,22)/t12-,13-/m1/s1. The fourth-order valence-corrected chi connectivity index (χ4v) is 2.48. The van der Waals surface area contributed by atoms with Gasteiger partial charge in [-0.25, -0.2) is 0 Å². The minimum absolute atomic E-state index is 0.0678. The molecule has 2 rings (SSSR count). The highest BCUT2D eigenvalue weighted by Crippen LogP contribution is 2.27. The second kappa shape index (κ2) is 7.99. The molecule has 0 heterocycles. The summed E-state index contributed by atoms with van der Waals surface area (Å²) in [4.78, 5) is 12.4. The second-order valence-electron chi connectivity index (χ2n) is 5.35. The molecule has 122 valence electrons. The quantitative estimate of drug-likeness (QED) is 0.839. The largest absolute Gasteiger partial charge is 0.495 e. The second-order valence-corrected chi connectivity index (χ2v) is 5.79. The Morgan fingerprint density at radius 3 is 2.48 bits per heavy atom. The summed E-state index contributed by atoms with van der Waals surface area (Å²) in [6.07, 6.45) is 0. The number of carbonyl (C=O) groups excluding carboxylic acids is 1. The number of amides is 1. The predicted molar refractivity (Wildman–Crippen MR) is 94.1 cm³/mol. The van der Waals surface area contributed by atoms with Gasteiger partial charge in [0.15, 0.2) is 0 Å². The molecule has 0 saturated carbocycles. The van der Waals surface area contributed by atoms with Crippen LogP contribution in [0.3, 0.4) is 0 Å². The Kier molecular flexibility index (Phi) is 6.02. The highest BCUT2D eigenvalue weighted by molar-refractivity contribution is 6.31. The van der Waals surface area contributed by atoms with Crippen LogP contribution in [0.2, 0.25) is 5.02 Å². The van der Waals surface area contributed by atoms with Gasteiger partial charge in [-0.15, -0.1) is 0 Å². The number of carbonyl (C=O) groups is 1. The molecule has 1 amide bonds. The van der Waals surface area contributed by atoms with Crippen molar-refractivity contribution in [3.63, 3.8) is 0 Å². The van der Waals surface area contributed by atoms with E-state index < -0.39 is 0 Å². The lowest BCUT2D eigenvalue weighted by atomic mass is 10.1. The van der Waals surface area contributed by atoms with Crippen molar-refractivity contribution in [3.05, 3.63) is 59.1 Å². The molecule has 4 nitrogen and oxygen atoms in total. The Balaban J connectivity index is 2.02. The Bertz CT molecular complexity index is 661. The number of benzene rings is 2.